The molecular formula is C17H13F3N4O3. The lowest BCUT2D eigenvalue weighted by molar-refractivity contribution is -0.274. The summed E-state index contributed by atoms with van der Waals surface area (Å²) in [5.74, 6) is -0.604. The number of H-pyrrole nitrogens is 1. The number of nitrogens with zero attached hydrogens (tertiary/aromatic N) is 2. The highest BCUT2D eigenvalue weighted by atomic mass is 19.4. The molecule has 3 aromatic rings. The van der Waals surface area contributed by atoms with E-state index in [1.54, 1.807) is 13.0 Å². The predicted octanol–water partition coefficient (Wildman–Crippen LogP) is 3.02. The molecule has 0 saturated heterocycles. The van der Waals surface area contributed by atoms with Crippen molar-refractivity contribution >= 4 is 11.6 Å². The molecule has 140 valence electrons. The summed E-state index contributed by atoms with van der Waals surface area (Å²) >= 11 is 0. The Labute approximate surface area is 150 Å². The summed E-state index contributed by atoms with van der Waals surface area (Å²) in [6.45, 7) is 1.73. The van der Waals surface area contributed by atoms with Gasteiger partial charge in [0.25, 0.3) is 11.5 Å². The first-order valence-corrected chi connectivity index (χ1v) is 7.63. The fraction of sp³-hybridized carbons (Fsp3) is 0.118. The Kier molecular flexibility index (Phi) is 4.72. The predicted molar refractivity (Wildman–Crippen MR) is 90.0 cm³/mol. The number of alkyl halides is 3. The number of ether oxygens (including phenoxy) is 1. The van der Waals surface area contributed by atoms with Gasteiger partial charge in [0, 0.05) is 17.3 Å². The monoisotopic (exact) mass is 378 g/mol. The Morgan fingerprint density at radius 1 is 1.19 bits per heavy atom. The molecule has 2 aromatic heterocycles. The molecule has 3 rings (SSSR count). The summed E-state index contributed by atoms with van der Waals surface area (Å²) in [6, 6.07) is 9.01. The Balaban J connectivity index is 1.69. The molecule has 0 aliphatic heterocycles. The maximum absolute atomic E-state index is 12.2. The molecule has 10 heteroatoms. The maximum atomic E-state index is 12.2. The topological polar surface area (TPSA) is 89.0 Å². The number of aromatic nitrogens is 3. The highest BCUT2D eigenvalue weighted by molar-refractivity contribution is 6.04. The lowest BCUT2D eigenvalue weighted by Gasteiger charge is -2.09. The van der Waals surface area contributed by atoms with Gasteiger partial charge in [0.1, 0.15) is 5.75 Å². The number of halogens is 3. The third-order valence-electron chi connectivity index (χ3n) is 3.43. The fourth-order valence-electron chi connectivity index (χ4n) is 2.29. The highest BCUT2D eigenvalue weighted by Crippen LogP contribution is 2.23. The molecule has 0 fully saturated rings. The average molecular weight is 378 g/mol. The fourth-order valence-corrected chi connectivity index (χ4v) is 2.29. The number of pyridine rings is 1. The van der Waals surface area contributed by atoms with Crippen LogP contribution in [0.5, 0.6) is 5.75 Å². The number of rotatable bonds is 4. The van der Waals surface area contributed by atoms with E-state index in [0.29, 0.717) is 17.2 Å². The van der Waals surface area contributed by atoms with Gasteiger partial charge in [0.2, 0.25) is 0 Å². The van der Waals surface area contributed by atoms with E-state index in [1.807, 2.05) is 0 Å². The number of aryl methyl sites for hydroxylation is 1. The number of hydrogen-bond donors (Lipinski definition) is 2. The van der Waals surface area contributed by atoms with Crippen molar-refractivity contribution < 1.29 is 22.7 Å². The number of amides is 1. The molecule has 2 heterocycles. The Morgan fingerprint density at radius 3 is 2.41 bits per heavy atom. The summed E-state index contributed by atoms with van der Waals surface area (Å²) in [7, 11) is 0. The third kappa shape index (κ3) is 4.54. The minimum absolute atomic E-state index is 0.143. The van der Waals surface area contributed by atoms with Crippen molar-refractivity contribution in [3.05, 3.63) is 70.3 Å². The van der Waals surface area contributed by atoms with Crippen molar-refractivity contribution in [3.63, 3.8) is 0 Å². The van der Waals surface area contributed by atoms with Crippen molar-refractivity contribution in [2.45, 2.75) is 13.3 Å². The first-order chi connectivity index (χ1) is 12.7. The number of hydrogen-bond acceptors (Lipinski definition) is 4. The zero-order valence-corrected chi connectivity index (χ0v) is 13.9. The molecule has 1 aromatic carbocycles. The van der Waals surface area contributed by atoms with Crippen molar-refractivity contribution in [2.75, 3.05) is 5.32 Å². The number of aromatic amines is 1. The Hall–Kier alpha value is -3.56. The number of carbonyl (C=O) groups excluding carboxylic acids is 1. The first-order valence-electron chi connectivity index (χ1n) is 7.63. The average Bonchev–Trinajstić information content (AvgIpc) is 2.93. The van der Waals surface area contributed by atoms with E-state index in [1.165, 1.54) is 35.1 Å². The molecule has 1 amide bonds. The molecule has 0 aliphatic carbocycles. The maximum Gasteiger partial charge on any atom is 0.573 e. The van der Waals surface area contributed by atoms with Crippen LogP contribution in [-0.2, 0) is 0 Å². The summed E-state index contributed by atoms with van der Waals surface area (Å²) in [4.78, 5) is 28.0. The van der Waals surface area contributed by atoms with Crippen molar-refractivity contribution in [1.82, 2.24) is 14.8 Å². The minimum atomic E-state index is -4.79. The van der Waals surface area contributed by atoms with Gasteiger partial charge in [0.05, 0.1) is 11.9 Å². The van der Waals surface area contributed by atoms with Crippen molar-refractivity contribution in [1.29, 1.82) is 0 Å². The molecule has 27 heavy (non-hydrogen) atoms. The van der Waals surface area contributed by atoms with Crippen LogP contribution in [-0.4, -0.2) is 27.0 Å². The largest absolute Gasteiger partial charge is 0.573 e. The minimum Gasteiger partial charge on any atom is -0.406 e. The second-order valence-corrected chi connectivity index (χ2v) is 5.54. The molecule has 0 unspecified atom stereocenters. The molecular weight excluding hydrogens is 365 g/mol. The molecule has 0 radical (unpaired) electrons. The molecule has 0 aliphatic rings. The van der Waals surface area contributed by atoms with Gasteiger partial charge in [0.15, 0.2) is 5.82 Å². The van der Waals surface area contributed by atoms with E-state index in [-0.39, 0.29) is 11.1 Å². The van der Waals surface area contributed by atoms with Gasteiger partial charge < -0.3 is 10.1 Å². The van der Waals surface area contributed by atoms with E-state index >= 15 is 0 Å². The van der Waals surface area contributed by atoms with Crippen molar-refractivity contribution in [2.24, 2.45) is 0 Å². The van der Waals surface area contributed by atoms with E-state index in [2.05, 4.69) is 20.1 Å². The van der Waals surface area contributed by atoms with Gasteiger partial charge in [-0.3, -0.25) is 14.7 Å². The van der Waals surface area contributed by atoms with Crippen LogP contribution in [0, 0.1) is 6.92 Å². The highest BCUT2D eigenvalue weighted by Gasteiger charge is 2.31. The van der Waals surface area contributed by atoms with Crippen LogP contribution >= 0.6 is 0 Å². The first kappa shape index (κ1) is 18.2. The van der Waals surface area contributed by atoms with Gasteiger partial charge in [-0.1, -0.05) is 0 Å². The molecule has 0 spiro atoms. The lowest BCUT2D eigenvalue weighted by atomic mass is 10.2. The van der Waals surface area contributed by atoms with Gasteiger partial charge in [-0.25, -0.2) is 9.67 Å². The molecule has 7 nitrogen and oxygen atoms in total. The molecule has 0 bridgehead atoms. The van der Waals surface area contributed by atoms with Crippen LogP contribution in [0.15, 0.2) is 53.5 Å². The third-order valence-corrected chi connectivity index (χ3v) is 3.43. The summed E-state index contributed by atoms with van der Waals surface area (Å²) in [5, 5.41) is 5.39. The van der Waals surface area contributed by atoms with Crippen LogP contribution in [0.25, 0.3) is 5.82 Å². The second-order valence-electron chi connectivity index (χ2n) is 5.54. The number of carbonyl (C=O) groups is 1. The van der Waals surface area contributed by atoms with E-state index in [4.69, 9.17) is 0 Å². The zero-order chi connectivity index (χ0) is 19.6. The van der Waals surface area contributed by atoms with Crippen LogP contribution in [0.1, 0.15) is 16.1 Å². The Morgan fingerprint density at radius 2 is 1.89 bits per heavy atom. The van der Waals surface area contributed by atoms with Gasteiger partial charge in [-0.2, -0.15) is 0 Å². The number of nitrogens with one attached hydrogen (secondary N) is 2. The summed E-state index contributed by atoms with van der Waals surface area (Å²) < 4.78 is 41.4. The smallest absolute Gasteiger partial charge is 0.406 e. The van der Waals surface area contributed by atoms with Crippen LogP contribution < -0.4 is 15.6 Å². The normalized spacial score (nSPS) is 11.3. The standard InChI is InChI=1S/C17H13F3N4O3/c1-10-8-15(25)24(23-10)14-7-4-12(9-21-14)22-16(26)11-2-5-13(6-3-11)27-17(18,19)20/h2-9,23H,1H3,(H,22,26). The molecule has 0 atom stereocenters. The van der Waals surface area contributed by atoms with Crippen LogP contribution in [0.3, 0.4) is 0 Å². The zero-order valence-electron chi connectivity index (χ0n) is 13.9. The SMILES string of the molecule is Cc1cc(=O)n(-c2ccc(NC(=O)c3ccc(OC(F)(F)F)cc3)cn2)[nH]1. The van der Waals surface area contributed by atoms with Gasteiger partial charge in [-0.05, 0) is 43.3 Å². The lowest BCUT2D eigenvalue weighted by Crippen LogP contribution is -2.17. The van der Waals surface area contributed by atoms with Crippen LogP contribution in [0.2, 0.25) is 0 Å². The Bertz CT molecular complexity index is 1010. The molecule has 2 N–H and O–H groups in total. The quantitative estimate of drug-likeness (QED) is 0.730. The summed E-state index contributed by atoms with van der Waals surface area (Å²) in [6.07, 6.45) is -3.44. The summed E-state index contributed by atoms with van der Waals surface area (Å²) in [5.41, 5.74) is 0.913. The van der Waals surface area contributed by atoms with Crippen LogP contribution in [0.4, 0.5) is 18.9 Å². The number of benzene rings is 1. The van der Waals surface area contributed by atoms with E-state index < -0.39 is 18.0 Å². The van der Waals surface area contributed by atoms with Crippen molar-refractivity contribution in [3.8, 4) is 11.6 Å². The van der Waals surface area contributed by atoms with Gasteiger partial charge >= 0.3 is 6.36 Å². The van der Waals surface area contributed by atoms with Gasteiger partial charge in [-0.15, -0.1) is 13.2 Å². The second kappa shape index (κ2) is 6.98. The van der Waals surface area contributed by atoms with E-state index in [0.717, 1.165) is 12.1 Å². The number of anilines is 1. The molecule has 0 saturated carbocycles. The van der Waals surface area contributed by atoms with E-state index in [9.17, 15) is 22.8 Å².